The van der Waals surface area contributed by atoms with Crippen molar-refractivity contribution in [1.29, 1.82) is 0 Å². The molecule has 0 bridgehead atoms. The highest BCUT2D eigenvalue weighted by atomic mass is 16.1. The van der Waals surface area contributed by atoms with Crippen molar-refractivity contribution in [2.24, 2.45) is 0 Å². The molecule has 4 rings (SSSR count). The summed E-state index contributed by atoms with van der Waals surface area (Å²) in [6.45, 7) is 2.96. The summed E-state index contributed by atoms with van der Waals surface area (Å²) >= 11 is 0. The molecule has 0 atom stereocenters. The molecule has 0 fully saturated rings. The lowest BCUT2D eigenvalue weighted by atomic mass is 10.2. The summed E-state index contributed by atoms with van der Waals surface area (Å²) in [5, 5.41) is 7.22. The van der Waals surface area contributed by atoms with Gasteiger partial charge in [-0.2, -0.15) is 5.10 Å². The number of aromatic nitrogens is 4. The van der Waals surface area contributed by atoms with Gasteiger partial charge in [0, 0.05) is 24.5 Å². The van der Waals surface area contributed by atoms with E-state index in [2.05, 4.69) is 15.4 Å². The van der Waals surface area contributed by atoms with Gasteiger partial charge in [0.2, 0.25) is 5.91 Å². The van der Waals surface area contributed by atoms with E-state index < -0.39 is 0 Å². The lowest BCUT2D eigenvalue weighted by molar-refractivity contribution is -0.116. The molecule has 136 valence electrons. The molecule has 0 saturated carbocycles. The molecular weight excluding hydrogens is 338 g/mol. The Kier molecular flexibility index (Phi) is 4.70. The van der Waals surface area contributed by atoms with E-state index in [0.717, 1.165) is 34.5 Å². The normalized spacial score (nSPS) is 11.0. The first-order chi connectivity index (χ1) is 13.2. The van der Waals surface area contributed by atoms with Gasteiger partial charge in [-0.15, -0.1) is 0 Å². The number of nitrogens with zero attached hydrogens (tertiary/aromatic N) is 4. The topological polar surface area (TPSA) is 64.7 Å². The molecule has 27 heavy (non-hydrogen) atoms. The molecule has 0 aliphatic carbocycles. The fourth-order valence-electron chi connectivity index (χ4n) is 3.24. The standard InChI is InChI=1S/C21H21N5O/c1-2-20-24-18-9-3-4-10-19(18)26(20)15-21(27)23-17-8-5-7-16(13-17)14-25-12-6-11-22-25/h3-13H,2,14-15H2,1H3,(H,23,27). The van der Waals surface area contributed by atoms with Crippen LogP contribution in [0.5, 0.6) is 0 Å². The fraction of sp³-hybridized carbons (Fsp3) is 0.190. The fourth-order valence-corrected chi connectivity index (χ4v) is 3.24. The van der Waals surface area contributed by atoms with Gasteiger partial charge in [-0.3, -0.25) is 9.48 Å². The number of anilines is 1. The van der Waals surface area contributed by atoms with Crippen molar-refractivity contribution >= 4 is 22.6 Å². The highest BCUT2D eigenvalue weighted by molar-refractivity contribution is 5.91. The van der Waals surface area contributed by atoms with E-state index in [4.69, 9.17) is 0 Å². The number of aryl methyl sites for hydroxylation is 1. The van der Waals surface area contributed by atoms with Crippen LogP contribution in [-0.4, -0.2) is 25.2 Å². The monoisotopic (exact) mass is 359 g/mol. The van der Waals surface area contributed by atoms with E-state index in [-0.39, 0.29) is 12.5 Å². The van der Waals surface area contributed by atoms with Crippen LogP contribution in [0.25, 0.3) is 11.0 Å². The smallest absolute Gasteiger partial charge is 0.244 e. The zero-order valence-electron chi connectivity index (χ0n) is 15.2. The summed E-state index contributed by atoms with van der Waals surface area (Å²) in [5.74, 6) is 0.850. The van der Waals surface area contributed by atoms with Crippen LogP contribution in [0, 0.1) is 0 Å². The van der Waals surface area contributed by atoms with Crippen molar-refractivity contribution in [2.45, 2.75) is 26.4 Å². The van der Waals surface area contributed by atoms with Crippen LogP contribution in [0.15, 0.2) is 67.0 Å². The second-order valence-corrected chi connectivity index (χ2v) is 6.41. The van der Waals surface area contributed by atoms with Crippen molar-refractivity contribution in [1.82, 2.24) is 19.3 Å². The first kappa shape index (κ1) is 17.0. The molecule has 0 spiro atoms. The lowest BCUT2D eigenvalue weighted by Crippen LogP contribution is -2.20. The molecule has 6 heteroatoms. The van der Waals surface area contributed by atoms with Crippen molar-refractivity contribution in [3.63, 3.8) is 0 Å². The summed E-state index contributed by atoms with van der Waals surface area (Å²) in [5.41, 5.74) is 3.77. The molecule has 1 amide bonds. The highest BCUT2D eigenvalue weighted by Gasteiger charge is 2.12. The highest BCUT2D eigenvalue weighted by Crippen LogP contribution is 2.17. The third-order valence-electron chi connectivity index (χ3n) is 4.47. The molecule has 1 N–H and O–H groups in total. The number of amides is 1. The molecular formula is C21H21N5O. The predicted octanol–water partition coefficient (Wildman–Crippen LogP) is 3.48. The molecule has 6 nitrogen and oxygen atoms in total. The first-order valence-electron chi connectivity index (χ1n) is 9.03. The minimum Gasteiger partial charge on any atom is -0.325 e. The van der Waals surface area contributed by atoms with Crippen LogP contribution < -0.4 is 5.32 Å². The molecule has 2 aromatic carbocycles. The van der Waals surface area contributed by atoms with E-state index >= 15 is 0 Å². The maximum atomic E-state index is 12.6. The molecule has 0 radical (unpaired) electrons. The van der Waals surface area contributed by atoms with Gasteiger partial charge in [0.25, 0.3) is 0 Å². The molecule has 2 aromatic heterocycles. The molecule has 2 heterocycles. The van der Waals surface area contributed by atoms with Crippen LogP contribution >= 0.6 is 0 Å². The van der Waals surface area contributed by atoms with E-state index in [1.807, 2.05) is 77.0 Å². The van der Waals surface area contributed by atoms with Crippen molar-refractivity contribution in [3.8, 4) is 0 Å². The largest absolute Gasteiger partial charge is 0.325 e. The van der Waals surface area contributed by atoms with Gasteiger partial charge in [0.1, 0.15) is 12.4 Å². The van der Waals surface area contributed by atoms with Crippen LogP contribution in [0.2, 0.25) is 0 Å². The Morgan fingerprint density at radius 2 is 2.00 bits per heavy atom. The Hall–Kier alpha value is -3.41. The maximum absolute atomic E-state index is 12.6. The molecule has 4 aromatic rings. The van der Waals surface area contributed by atoms with Gasteiger partial charge < -0.3 is 9.88 Å². The number of nitrogens with one attached hydrogen (secondary N) is 1. The van der Waals surface area contributed by atoms with Crippen LogP contribution in [-0.2, 0) is 24.3 Å². The zero-order valence-corrected chi connectivity index (χ0v) is 15.2. The minimum atomic E-state index is -0.0657. The third kappa shape index (κ3) is 3.74. The predicted molar refractivity (Wildman–Crippen MR) is 106 cm³/mol. The number of hydrogen-bond acceptors (Lipinski definition) is 3. The van der Waals surface area contributed by atoms with Gasteiger partial charge in [-0.1, -0.05) is 31.2 Å². The SMILES string of the molecule is CCc1nc2ccccc2n1CC(=O)Nc1cccc(Cn2cccn2)c1. The van der Waals surface area contributed by atoms with Gasteiger partial charge in [0.05, 0.1) is 17.6 Å². The number of rotatable bonds is 6. The van der Waals surface area contributed by atoms with Gasteiger partial charge >= 0.3 is 0 Å². The van der Waals surface area contributed by atoms with Gasteiger partial charge in [-0.25, -0.2) is 4.98 Å². The van der Waals surface area contributed by atoms with E-state index in [0.29, 0.717) is 6.54 Å². The Labute approximate surface area is 157 Å². The van der Waals surface area contributed by atoms with E-state index in [1.165, 1.54) is 0 Å². The maximum Gasteiger partial charge on any atom is 0.244 e. The van der Waals surface area contributed by atoms with E-state index in [1.54, 1.807) is 6.20 Å². The summed E-state index contributed by atoms with van der Waals surface area (Å²) < 4.78 is 3.84. The van der Waals surface area contributed by atoms with Gasteiger partial charge in [-0.05, 0) is 35.9 Å². The quantitative estimate of drug-likeness (QED) is 0.573. The Balaban J connectivity index is 1.50. The number of fused-ring (bicyclic) bond motifs is 1. The van der Waals surface area contributed by atoms with Crippen LogP contribution in [0.1, 0.15) is 18.3 Å². The summed E-state index contributed by atoms with van der Waals surface area (Å²) in [6, 6.07) is 17.6. The van der Waals surface area contributed by atoms with Crippen LogP contribution in [0.3, 0.4) is 0 Å². The number of benzene rings is 2. The van der Waals surface area contributed by atoms with Gasteiger partial charge in [0.15, 0.2) is 0 Å². The van der Waals surface area contributed by atoms with Crippen molar-refractivity contribution in [2.75, 3.05) is 5.32 Å². The van der Waals surface area contributed by atoms with Crippen molar-refractivity contribution in [3.05, 3.63) is 78.4 Å². The number of para-hydroxylation sites is 2. The zero-order chi connectivity index (χ0) is 18.6. The molecule has 0 unspecified atom stereocenters. The van der Waals surface area contributed by atoms with Crippen molar-refractivity contribution < 1.29 is 4.79 Å². The summed E-state index contributed by atoms with van der Waals surface area (Å²) in [7, 11) is 0. The van der Waals surface area contributed by atoms with E-state index in [9.17, 15) is 4.79 Å². The summed E-state index contributed by atoms with van der Waals surface area (Å²) in [6.07, 6.45) is 4.45. The third-order valence-corrected chi connectivity index (χ3v) is 4.47. The Morgan fingerprint density at radius 1 is 1.11 bits per heavy atom. The second-order valence-electron chi connectivity index (χ2n) is 6.41. The molecule has 0 aliphatic rings. The average Bonchev–Trinajstić information content (AvgIpc) is 3.30. The summed E-state index contributed by atoms with van der Waals surface area (Å²) in [4.78, 5) is 17.3. The lowest BCUT2D eigenvalue weighted by Gasteiger charge is -2.10. The Bertz CT molecular complexity index is 1070. The van der Waals surface area contributed by atoms with Crippen LogP contribution in [0.4, 0.5) is 5.69 Å². The average molecular weight is 359 g/mol. The number of carbonyl (C=O) groups excluding carboxylic acids is 1. The Morgan fingerprint density at radius 3 is 2.81 bits per heavy atom. The number of hydrogen-bond donors (Lipinski definition) is 1. The minimum absolute atomic E-state index is 0.0657. The number of imidazole rings is 1. The molecule has 0 aliphatic heterocycles. The number of carbonyl (C=O) groups is 1. The second kappa shape index (κ2) is 7.45. The first-order valence-corrected chi connectivity index (χ1v) is 9.03. The molecule has 0 saturated heterocycles.